The third-order valence-electron chi connectivity index (χ3n) is 2.49. The first kappa shape index (κ1) is 8.69. The molecule has 4 heteroatoms. The van der Waals surface area contributed by atoms with E-state index in [0.29, 0.717) is 17.8 Å². The first-order valence-electron chi connectivity index (χ1n) is 4.73. The monoisotopic (exact) mass is 181 g/mol. The lowest BCUT2D eigenvalue weighted by molar-refractivity contribution is 0.334. The van der Waals surface area contributed by atoms with Gasteiger partial charge in [-0.25, -0.2) is 0 Å². The van der Waals surface area contributed by atoms with E-state index >= 15 is 0 Å². The molecule has 1 saturated carbocycles. The van der Waals surface area contributed by atoms with Gasteiger partial charge in [0.15, 0.2) is 5.82 Å². The predicted octanol–water partition coefficient (Wildman–Crippen LogP) is 1.44. The van der Waals surface area contributed by atoms with Crippen LogP contribution in [0.2, 0.25) is 0 Å². The first-order valence-corrected chi connectivity index (χ1v) is 4.73. The van der Waals surface area contributed by atoms with Crippen LogP contribution in [0.1, 0.15) is 38.0 Å². The van der Waals surface area contributed by atoms with Crippen molar-refractivity contribution in [3.05, 3.63) is 11.7 Å². The Morgan fingerprint density at radius 3 is 2.77 bits per heavy atom. The number of nitrogens with one attached hydrogen (secondary N) is 1. The second-order valence-electron chi connectivity index (χ2n) is 3.89. The minimum Gasteiger partial charge on any atom is -0.338 e. The lowest BCUT2D eigenvalue weighted by Gasteiger charge is -2.07. The van der Waals surface area contributed by atoms with Crippen molar-refractivity contribution in [1.82, 2.24) is 15.5 Å². The fourth-order valence-corrected chi connectivity index (χ4v) is 1.44. The van der Waals surface area contributed by atoms with E-state index in [1.165, 1.54) is 6.42 Å². The van der Waals surface area contributed by atoms with Crippen molar-refractivity contribution in [3.63, 3.8) is 0 Å². The van der Waals surface area contributed by atoms with Crippen LogP contribution in [0.25, 0.3) is 0 Å². The maximum atomic E-state index is 5.07. The molecule has 0 radical (unpaired) electrons. The molecule has 13 heavy (non-hydrogen) atoms. The molecular weight excluding hydrogens is 166 g/mol. The smallest absolute Gasteiger partial charge is 0.243 e. The fraction of sp³-hybridized carbons (Fsp3) is 0.778. The van der Waals surface area contributed by atoms with Gasteiger partial charge in [-0.2, -0.15) is 4.98 Å². The summed E-state index contributed by atoms with van der Waals surface area (Å²) in [6.07, 6.45) is 1.26. The highest BCUT2D eigenvalue weighted by atomic mass is 16.5. The lowest BCUT2D eigenvalue weighted by Crippen LogP contribution is -2.22. The van der Waals surface area contributed by atoms with Gasteiger partial charge in [-0.1, -0.05) is 12.1 Å². The molecule has 0 bridgehead atoms. The Hall–Kier alpha value is -0.900. The Morgan fingerprint density at radius 2 is 2.31 bits per heavy atom. The first-order chi connectivity index (χ1) is 6.16. The molecule has 1 aromatic heterocycles. The SMILES string of the molecule is Cc1noc(C(C)N[C@@H]2C[C@H]2C)n1. The van der Waals surface area contributed by atoms with Crippen molar-refractivity contribution in [2.45, 2.75) is 39.3 Å². The van der Waals surface area contributed by atoms with Crippen LogP contribution in [-0.2, 0) is 0 Å². The summed E-state index contributed by atoms with van der Waals surface area (Å²) >= 11 is 0. The Balaban J connectivity index is 1.93. The average Bonchev–Trinajstić information content (AvgIpc) is 2.62. The van der Waals surface area contributed by atoms with Gasteiger partial charge in [-0.05, 0) is 26.2 Å². The topological polar surface area (TPSA) is 51.0 Å². The third kappa shape index (κ3) is 1.88. The summed E-state index contributed by atoms with van der Waals surface area (Å²) in [5.41, 5.74) is 0. The van der Waals surface area contributed by atoms with Gasteiger partial charge in [0.05, 0.1) is 6.04 Å². The van der Waals surface area contributed by atoms with Gasteiger partial charge in [-0.15, -0.1) is 0 Å². The van der Waals surface area contributed by atoms with Gasteiger partial charge < -0.3 is 9.84 Å². The number of hydrogen-bond acceptors (Lipinski definition) is 4. The number of aromatic nitrogens is 2. The van der Waals surface area contributed by atoms with Crippen LogP contribution in [0.4, 0.5) is 0 Å². The van der Waals surface area contributed by atoms with Gasteiger partial charge >= 0.3 is 0 Å². The van der Waals surface area contributed by atoms with Crippen LogP contribution in [0, 0.1) is 12.8 Å². The Morgan fingerprint density at radius 1 is 1.62 bits per heavy atom. The molecule has 1 fully saturated rings. The summed E-state index contributed by atoms with van der Waals surface area (Å²) in [5, 5.41) is 7.20. The van der Waals surface area contributed by atoms with Crippen LogP contribution in [0.5, 0.6) is 0 Å². The van der Waals surface area contributed by atoms with Crippen LogP contribution in [-0.4, -0.2) is 16.2 Å². The van der Waals surface area contributed by atoms with Crippen LogP contribution in [0.3, 0.4) is 0 Å². The Bertz CT molecular complexity index is 297. The molecule has 1 N–H and O–H groups in total. The van der Waals surface area contributed by atoms with E-state index in [2.05, 4.69) is 29.3 Å². The van der Waals surface area contributed by atoms with Gasteiger partial charge in [-0.3, -0.25) is 0 Å². The number of aryl methyl sites for hydroxylation is 1. The highest BCUT2D eigenvalue weighted by Crippen LogP contribution is 2.31. The highest BCUT2D eigenvalue weighted by Gasteiger charge is 2.34. The zero-order valence-corrected chi connectivity index (χ0v) is 8.24. The fourth-order valence-electron chi connectivity index (χ4n) is 1.44. The summed E-state index contributed by atoms with van der Waals surface area (Å²) in [4.78, 5) is 4.18. The largest absolute Gasteiger partial charge is 0.338 e. The summed E-state index contributed by atoms with van der Waals surface area (Å²) in [6.45, 7) is 6.13. The molecule has 4 nitrogen and oxygen atoms in total. The van der Waals surface area contributed by atoms with Crippen LogP contribution < -0.4 is 5.32 Å². The van der Waals surface area contributed by atoms with Crippen molar-refractivity contribution in [1.29, 1.82) is 0 Å². The standard InChI is InChI=1S/C9H15N3O/c1-5-4-8(5)10-6(2)9-11-7(3)12-13-9/h5-6,8,10H,4H2,1-3H3/t5-,6?,8-/m1/s1. The molecule has 1 unspecified atom stereocenters. The summed E-state index contributed by atoms with van der Waals surface area (Å²) in [7, 11) is 0. The van der Waals surface area contributed by atoms with Crippen molar-refractivity contribution >= 4 is 0 Å². The maximum absolute atomic E-state index is 5.07. The number of nitrogens with zero attached hydrogens (tertiary/aromatic N) is 2. The molecule has 1 heterocycles. The van der Waals surface area contributed by atoms with Gasteiger partial charge in [0.2, 0.25) is 5.89 Å². The second kappa shape index (κ2) is 3.10. The molecule has 2 rings (SSSR count). The van der Waals surface area contributed by atoms with Crippen molar-refractivity contribution in [2.75, 3.05) is 0 Å². The molecule has 3 atom stereocenters. The van der Waals surface area contributed by atoms with E-state index in [1.54, 1.807) is 0 Å². The lowest BCUT2D eigenvalue weighted by atomic mass is 10.3. The zero-order valence-electron chi connectivity index (χ0n) is 8.24. The Labute approximate surface area is 77.7 Å². The van der Waals surface area contributed by atoms with Gasteiger partial charge in [0.1, 0.15) is 0 Å². The van der Waals surface area contributed by atoms with Crippen LogP contribution >= 0.6 is 0 Å². The van der Waals surface area contributed by atoms with Gasteiger partial charge in [0, 0.05) is 6.04 Å². The van der Waals surface area contributed by atoms with E-state index < -0.39 is 0 Å². The molecule has 0 spiro atoms. The van der Waals surface area contributed by atoms with E-state index in [9.17, 15) is 0 Å². The molecular formula is C9H15N3O. The van der Waals surface area contributed by atoms with Crippen molar-refractivity contribution in [3.8, 4) is 0 Å². The van der Waals surface area contributed by atoms with Gasteiger partial charge in [0.25, 0.3) is 0 Å². The molecule has 1 aliphatic rings. The van der Waals surface area contributed by atoms with E-state index in [0.717, 1.165) is 5.92 Å². The van der Waals surface area contributed by atoms with Crippen molar-refractivity contribution < 1.29 is 4.52 Å². The molecule has 0 saturated heterocycles. The molecule has 1 aromatic rings. The third-order valence-corrected chi connectivity index (χ3v) is 2.49. The van der Waals surface area contributed by atoms with E-state index in [1.807, 2.05) is 6.92 Å². The molecule has 0 aromatic carbocycles. The zero-order chi connectivity index (χ0) is 9.42. The predicted molar refractivity (Wildman–Crippen MR) is 48.2 cm³/mol. The summed E-state index contributed by atoms with van der Waals surface area (Å²) in [5.74, 6) is 2.19. The van der Waals surface area contributed by atoms with E-state index in [4.69, 9.17) is 4.52 Å². The van der Waals surface area contributed by atoms with Crippen molar-refractivity contribution in [2.24, 2.45) is 5.92 Å². The number of rotatable bonds is 3. The highest BCUT2D eigenvalue weighted by molar-refractivity contribution is 4.96. The normalized spacial score (nSPS) is 28.8. The molecule has 72 valence electrons. The second-order valence-corrected chi connectivity index (χ2v) is 3.89. The number of hydrogen-bond donors (Lipinski definition) is 1. The quantitative estimate of drug-likeness (QED) is 0.766. The summed E-state index contributed by atoms with van der Waals surface area (Å²) in [6, 6.07) is 0.818. The minimum absolute atomic E-state index is 0.177. The molecule has 0 aliphatic heterocycles. The average molecular weight is 181 g/mol. The van der Waals surface area contributed by atoms with E-state index in [-0.39, 0.29) is 6.04 Å². The molecule has 1 aliphatic carbocycles. The minimum atomic E-state index is 0.177. The maximum Gasteiger partial charge on any atom is 0.243 e. The summed E-state index contributed by atoms with van der Waals surface area (Å²) < 4.78 is 5.07. The Kier molecular flexibility index (Phi) is 2.07. The molecule has 0 amide bonds. The van der Waals surface area contributed by atoms with Crippen LogP contribution in [0.15, 0.2) is 4.52 Å².